The number of aryl methyl sites for hydroxylation is 2. The van der Waals surface area contributed by atoms with Gasteiger partial charge in [0.05, 0.1) is 25.6 Å². The quantitative estimate of drug-likeness (QED) is 0.240. The molecule has 4 aromatic rings. The molecule has 0 atom stereocenters. The van der Waals surface area contributed by atoms with Gasteiger partial charge in [-0.3, -0.25) is 9.69 Å². The molecule has 180 valence electrons. The molecule has 0 spiro atoms. The lowest BCUT2D eigenvalue weighted by Gasteiger charge is -2.21. The van der Waals surface area contributed by atoms with Crippen molar-refractivity contribution >= 4 is 28.1 Å². The molecule has 0 aliphatic heterocycles. The fraction of sp³-hybridized carbons (Fsp3) is 0.241. The molecule has 0 unspecified atom stereocenters. The van der Waals surface area contributed by atoms with Crippen LogP contribution in [0.15, 0.2) is 78.9 Å². The highest BCUT2D eigenvalue weighted by atomic mass is 32.1. The normalized spacial score (nSPS) is 10.7. The third-order valence-corrected chi connectivity index (χ3v) is 6.85. The Bertz CT molecular complexity index is 1260. The minimum atomic E-state index is -0.0162. The highest BCUT2D eigenvalue weighted by molar-refractivity contribution is 7.16. The first-order valence-electron chi connectivity index (χ1n) is 11.8. The molecule has 0 saturated heterocycles. The Balaban J connectivity index is 1.76. The molecule has 0 radical (unpaired) electrons. The zero-order valence-electron chi connectivity index (χ0n) is 20.4. The predicted molar refractivity (Wildman–Crippen MR) is 143 cm³/mol. The Kier molecular flexibility index (Phi) is 8.16. The van der Waals surface area contributed by atoms with Crippen molar-refractivity contribution in [3.8, 4) is 22.8 Å². The maximum Gasteiger partial charge on any atom is 0.233 e. The number of anilines is 2. The van der Waals surface area contributed by atoms with Crippen molar-refractivity contribution in [1.82, 2.24) is 4.98 Å². The van der Waals surface area contributed by atoms with Gasteiger partial charge in [0.2, 0.25) is 5.91 Å². The molecular formula is C29H30N2O3S. The van der Waals surface area contributed by atoms with E-state index in [2.05, 4.69) is 19.1 Å². The van der Waals surface area contributed by atoms with Gasteiger partial charge < -0.3 is 9.47 Å². The first kappa shape index (κ1) is 24.5. The maximum absolute atomic E-state index is 13.7. The molecule has 4 rings (SSSR count). The first-order valence-corrected chi connectivity index (χ1v) is 12.6. The number of carbonyl (C=O) groups is 1. The van der Waals surface area contributed by atoms with Gasteiger partial charge in [0.15, 0.2) is 16.6 Å². The van der Waals surface area contributed by atoms with E-state index in [4.69, 9.17) is 14.5 Å². The fourth-order valence-electron chi connectivity index (χ4n) is 3.99. The van der Waals surface area contributed by atoms with E-state index in [0.717, 1.165) is 29.7 Å². The molecule has 1 amide bonds. The molecule has 0 fully saturated rings. The lowest BCUT2D eigenvalue weighted by Crippen LogP contribution is -2.26. The molecule has 1 heterocycles. The summed E-state index contributed by atoms with van der Waals surface area (Å²) in [6.07, 6.45) is 2.92. The molecule has 5 nitrogen and oxygen atoms in total. The first-order chi connectivity index (χ1) is 17.1. The van der Waals surface area contributed by atoms with E-state index in [1.165, 1.54) is 4.88 Å². The number of rotatable bonds is 10. The Morgan fingerprint density at radius 3 is 2.23 bits per heavy atom. The van der Waals surface area contributed by atoms with Gasteiger partial charge in [-0.15, -0.1) is 11.3 Å². The van der Waals surface area contributed by atoms with Crippen molar-refractivity contribution in [2.45, 2.75) is 32.6 Å². The third kappa shape index (κ3) is 5.72. The second-order valence-corrected chi connectivity index (χ2v) is 9.20. The van der Waals surface area contributed by atoms with E-state index in [1.807, 2.05) is 66.7 Å². The minimum Gasteiger partial charge on any atom is -0.493 e. The monoisotopic (exact) mass is 486 g/mol. The lowest BCUT2D eigenvalue weighted by molar-refractivity contribution is -0.117. The summed E-state index contributed by atoms with van der Waals surface area (Å²) >= 11 is 1.58. The highest BCUT2D eigenvalue weighted by Crippen LogP contribution is 2.40. The predicted octanol–water partition coefficient (Wildman–Crippen LogP) is 7.08. The molecular weight excluding hydrogens is 456 g/mol. The Morgan fingerprint density at radius 2 is 1.57 bits per heavy atom. The van der Waals surface area contributed by atoms with Crippen LogP contribution in [0.1, 0.15) is 30.2 Å². The van der Waals surface area contributed by atoms with Crippen LogP contribution in [0.4, 0.5) is 10.8 Å². The van der Waals surface area contributed by atoms with Gasteiger partial charge in [-0.05, 0) is 30.5 Å². The van der Waals surface area contributed by atoms with Crippen molar-refractivity contribution < 1.29 is 14.3 Å². The SMILES string of the molecule is CCCc1sc(N(C(=O)CCc2ccccc2)c2ccc(OC)c(OC)c2)nc1-c1ccccc1. The van der Waals surface area contributed by atoms with Gasteiger partial charge in [-0.1, -0.05) is 74.0 Å². The number of hydrogen-bond acceptors (Lipinski definition) is 5. The van der Waals surface area contributed by atoms with Gasteiger partial charge in [-0.2, -0.15) is 0 Å². The van der Waals surface area contributed by atoms with Gasteiger partial charge in [0.1, 0.15) is 0 Å². The van der Waals surface area contributed by atoms with Gasteiger partial charge in [-0.25, -0.2) is 4.98 Å². The summed E-state index contributed by atoms with van der Waals surface area (Å²) in [5.41, 5.74) is 3.83. The smallest absolute Gasteiger partial charge is 0.233 e. The van der Waals surface area contributed by atoms with Crippen LogP contribution in [0.3, 0.4) is 0 Å². The number of amides is 1. The second-order valence-electron chi connectivity index (χ2n) is 8.14. The molecule has 0 bridgehead atoms. The zero-order valence-corrected chi connectivity index (χ0v) is 21.2. The Morgan fingerprint density at radius 1 is 0.886 bits per heavy atom. The number of aromatic nitrogens is 1. The zero-order chi connectivity index (χ0) is 24.6. The molecule has 1 aromatic heterocycles. The summed E-state index contributed by atoms with van der Waals surface area (Å²) in [4.78, 5) is 21.6. The van der Waals surface area contributed by atoms with Crippen molar-refractivity contribution in [3.05, 3.63) is 89.3 Å². The van der Waals surface area contributed by atoms with Crippen LogP contribution in [0.25, 0.3) is 11.3 Å². The van der Waals surface area contributed by atoms with E-state index in [9.17, 15) is 4.79 Å². The number of carbonyl (C=O) groups excluding carboxylic acids is 1. The van der Waals surface area contributed by atoms with E-state index >= 15 is 0 Å². The van der Waals surface area contributed by atoms with Crippen molar-refractivity contribution in [2.24, 2.45) is 0 Å². The van der Waals surface area contributed by atoms with Crippen LogP contribution in [-0.2, 0) is 17.6 Å². The third-order valence-electron chi connectivity index (χ3n) is 5.75. The number of hydrogen-bond donors (Lipinski definition) is 0. The topological polar surface area (TPSA) is 51.7 Å². The second kappa shape index (κ2) is 11.7. The fourth-order valence-corrected chi connectivity index (χ4v) is 5.21. The van der Waals surface area contributed by atoms with Gasteiger partial charge >= 0.3 is 0 Å². The number of methoxy groups -OCH3 is 2. The molecule has 0 aliphatic rings. The van der Waals surface area contributed by atoms with Crippen LogP contribution in [0.5, 0.6) is 11.5 Å². The van der Waals surface area contributed by atoms with Crippen LogP contribution >= 0.6 is 11.3 Å². The van der Waals surface area contributed by atoms with E-state index in [-0.39, 0.29) is 5.91 Å². The average molecular weight is 487 g/mol. The number of benzene rings is 3. The van der Waals surface area contributed by atoms with Crippen LogP contribution in [-0.4, -0.2) is 25.1 Å². The van der Waals surface area contributed by atoms with Crippen LogP contribution < -0.4 is 14.4 Å². The number of ether oxygens (including phenoxy) is 2. The van der Waals surface area contributed by atoms with Crippen molar-refractivity contribution in [3.63, 3.8) is 0 Å². The molecule has 3 aromatic carbocycles. The summed E-state index contributed by atoms with van der Waals surface area (Å²) in [6.45, 7) is 2.16. The van der Waals surface area contributed by atoms with E-state index in [0.29, 0.717) is 35.2 Å². The lowest BCUT2D eigenvalue weighted by atomic mass is 10.1. The Hall–Kier alpha value is -3.64. The summed E-state index contributed by atoms with van der Waals surface area (Å²) in [6, 6.07) is 25.8. The molecule has 0 N–H and O–H groups in total. The standard InChI is InChI=1S/C29H30N2O3S/c1-4-11-26-28(22-14-9-6-10-15-22)30-29(35-26)31(23-17-18-24(33-2)25(20-23)34-3)27(32)19-16-21-12-7-5-8-13-21/h5-10,12-15,17-18,20H,4,11,16,19H2,1-3H3. The van der Waals surface area contributed by atoms with Crippen LogP contribution in [0.2, 0.25) is 0 Å². The highest BCUT2D eigenvalue weighted by Gasteiger charge is 2.25. The largest absolute Gasteiger partial charge is 0.493 e. The number of nitrogens with zero attached hydrogens (tertiary/aromatic N) is 2. The van der Waals surface area contributed by atoms with Crippen molar-refractivity contribution in [2.75, 3.05) is 19.1 Å². The Labute approximate surface area is 211 Å². The molecule has 0 aliphatic carbocycles. The molecule has 0 saturated carbocycles. The van der Waals surface area contributed by atoms with Gasteiger partial charge in [0.25, 0.3) is 0 Å². The summed E-state index contributed by atoms with van der Waals surface area (Å²) in [5.74, 6) is 1.17. The molecule has 35 heavy (non-hydrogen) atoms. The van der Waals surface area contributed by atoms with Crippen molar-refractivity contribution in [1.29, 1.82) is 0 Å². The average Bonchev–Trinajstić information content (AvgIpc) is 3.32. The summed E-state index contributed by atoms with van der Waals surface area (Å²) in [7, 11) is 3.20. The van der Waals surface area contributed by atoms with E-state index < -0.39 is 0 Å². The molecule has 6 heteroatoms. The van der Waals surface area contributed by atoms with Crippen LogP contribution in [0, 0.1) is 0 Å². The summed E-state index contributed by atoms with van der Waals surface area (Å²) in [5, 5.41) is 0.664. The van der Waals surface area contributed by atoms with E-state index in [1.54, 1.807) is 30.5 Å². The summed E-state index contributed by atoms with van der Waals surface area (Å²) < 4.78 is 10.9. The maximum atomic E-state index is 13.7. The van der Waals surface area contributed by atoms with Gasteiger partial charge in [0, 0.05) is 22.9 Å². The number of thiazole rings is 1. The minimum absolute atomic E-state index is 0.0162.